The van der Waals surface area contributed by atoms with Gasteiger partial charge >= 0.3 is 0 Å². The first-order valence-corrected chi connectivity index (χ1v) is 6.63. The van der Waals surface area contributed by atoms with E-state index >= 15 is 0 Å². The molecule has 1 N–H and O–H groups in total. The van der Waals surface area contributed by atoms with Crippen LogP contribution in [0.2, 0.25) is 0 Å². The van der Waals surface area contributed by atoms with Crippen molar-refractivity contribution in [3.8, 4) is 5.75 Å². The van der Waals surface area contributed by atoms with E-state index in [-0.39, 0.29) is 11.7 Å². The van der Waals surface area contributed by atoms with Crippen LogP contribution in [0.3, 0.4) is 0 Å². The molecule has 2 aromatic carbocycles. The Morgan fingerprint density at radius 1 is 1.00 bits per heavy atom. The molecule has 2 nitrogen and oxygen atoms in total. The molecule has 0 bridgehead atoms. The van der Waals surface area contributed by atoms with Gasteiger partial charge in [0.2, 0.25) is 0 Å². The summed E-state index contributed by atoms with van der Waals surface area (Å²) in [6, 6.07) is 7.64. The number of ether oxygens (including phenoxy) is 1. The van der Waals surface area contributed by atoms with E-state index in [0.29, 0.717) is 23.4 Å². The van der Waals surface area contributed by atoms with Gasteiger partial charge in [-0.3, -0.25) is 0 Å². The average molecular weight is 294 g/mol. The zero-order chi connectivity index (χ0) is 15.0. The third kappa shape index (κ3) is 3.03. The Morgan fingerprint density at radius 2 is 1.71 bits per heavy atom. The molecule has 0 radical (unpaired) electrons. The molecule has 5 heteroatoms. The first-order valence-electron chi connectivity index (χ1n) is 6.63. The summed E-state index contributed by atoms with van der Waals surface area (Å²) in [6.45, 7) is 0. The molecule has 1 unspecified atom stereocenters. The van der Waals surface area contributed by atoms with Crippen molar-refractivity contribution in [1.82, 2.24) is 0 Å². The lowest BCUT2D eigenvalue weighted by Gasteiger charge is -2.14. The molecule has 1 aliphatic rings. The lowest BCUT2D eigenvalue weighted by molar-refractivity contribution is 0.212. The topological polar surface area (TPSA) is 29.5 Å². The second-order valence-electron chi connectivity index (χ2n) is 5.08. The highest BCUT2D eigenvalue weighted by atomic mass is 19.2. The normalized spacial score (nSPS) is 15.8. The Labute approximate surface area is 119 Å². The van der Waals surface area contributed by atoms with Crippen LogP contribution in [0.15, 0.2) is 36.4 Å². The van der Waals surface area contributed by atoms with Gasteiger partial charge in [-0.1, -0.05) is 12.1 Å². The molecule has 0 aliphatic heterocycles. The van der Waals surface area contributed by atoms with Crippen molar-refractivity contribution in [2.75, 3.05) is 0 Å². The van der Waals surface area contributed by atoms with E-state index in [1.807, 2.05) is 0 Å². The summed E-state index contributed by atoms with van der Waals surface area (Å²) < 4.78 is 45.4. The third-order valence-corrected chi connectivity index (χ3v) is 3.34. The third-order valence-electron chi connectivity index (χ3n) is 3.34. The Hall–Kier alpha value is -2.01. The van der Waals surface area contributed by atoms with Crippen LogP contribution in [0.25, 0.3) is 0 Å². The lowest BCUT2D eigenvalue weighted by atomic mass is 10.0. The van der Waals surface area contributed by atoms with Gasteiger partial charge in [0, 0.05) is 11.6 Å². The van der Waals surface area contributed by atoms with E-state index in [1.165, 1.54) is 0 Å². The molecular weight excluding hydrogens is 281 g/mol. The van der Waals surface area contributed by atoms with Crippen molar-refractivity contribution >= 4 is 0 Å². The largest absolute Gasteiger partial charge is 0.490 e. The van der Waals surface area contributed by atoms with Crippen molar-refractivity contribution in [3.63, 3.8) is 0 Å². The Balaban J connectivity index is 1.90. The number of aliphatic hydroxyl groups is 1. The highest BCUT2D eigenvalue weighted by Crippen LogP contribution is 2.31. The quantitative estimate of drug-likeness (QED) is 0.871. The predicted octanol–water partition coefficient (Wildman–Crippen LogP) is 3.73. The molecule has 0 heterocycles. The number of rotatable bonds is 4. The monoisotopic (exact) mass is 294 g/mol. The molecule has 1 aliphatic carbocycles. The fourth-order valence-corrected chi connectivity index (χ4v) is 2.06. The summed E-state index contributed by atoms with van der Waals surface area (Å²) in [6.07, 6.45) is 0.787. The Kier molecular flexibility index (Phi) is 3.59. The summed E-state index contributed by atoms with van der Waals surface area (Å²) in [7, 11) is 0. The fraction of sp³-hybridized carbons (Fsp3) is 0.250. The van der Waals surface area contributed by atoms with Gasteiger partial charge in [-0.25, -0.2) is 13.2 Å². The summed E-state index contributed by atoms with van der Waals surface area (Å²) in [4.78, 5) is 0. The lowest BCUT2D eigenvalue weighted by Crippen LogP contribution is -2.05. The minimum Gasteiger partial charge on any atom is -0.490 e. The molecule has 1 saturated carbocycles. The van der Waals surface area contributed by atoms with Crippen molar-refractivity contribution in [2.45, 2.75) is 25.0 Å². The van der Waals surface area contributed by atoms with Crippen molar-refractivity contribution in [1.29, 1.82) is 0 Å². The molecule has 0 saturated heterocycles. The maximum atomic E-state index is 13.7. The van der Waals surface area contributed by atoms with Crippen molar-refractivity contribution in [2.24, 2.45) is 0 Å². The summed E-state index contributed by atoms with van der Waals surface area (Å²) >= 11 is 0. The minimum atomic E-state index is -1.39. The van der Waals surface area contributed by atoms with Crippen LogP contribution in [-0.2, 0) is 0 Å². The molecule has 21 heavy (non-hydrogen) atoms. The van der Waals surface area contributed by atoms with Crippen LogP contribution < -0.4 is 4.74 Å². The zero-order valence-corrected chi connectivity index (χ0v) is 11.0. The SMILES string of the molecule is OC(c1cccc(OC2CC2)c1)c1cc(F)c(F)cc1F. The molecule has 3 rings (SSSR count). The molecular formula is C16H13F3O2. The molecule has 110 valence electrons. The Bertz CT molecular complexity index is 669. The number of hydrogen-bond acceptors (Lipinski definition) is 2. The maximum absolute atomic E-state index is 13.7. The summed E-state index contributed by atoms with van der Waals surface area (Å²) in [5.74, 6) is -2.91. The number of halogens is 3. The molecule has 2 aromatic rings. The number of benzene rings is 2. The van der Waals surface area contributed by atoms with Gasteiger partial charge in [0.1, 0.15) is 17.7 Å². The van der Waals surface area contributed by atoms with E-state index < -0.39 is 23.6 Å². The van der Waals surface area contributed by atoms with Gasteiger partial charge in [-0.05, 0) is 36.6 Å². The van der Waals surface area contributed by atoms with E-state index in [1.54, 1.807) is 24.3 Å². The molecule has 0 aromatic heterocycles. The van der Waals surface area contributed by atoms with Crippen LogP contribution in [0, 0.1) is 17.5 Å². The number of aliphatic hydroxyl groups excluding tert-OH is 1. The second-order valence-corrected chi connectivity index (χ2v) is 5.08. The van der Waals surface area contributed by atoms with Crippen LogP contribution in [0.1, 0.15) is 30.1 Å². The zero-order valence-electron chi connectivity index (χ0n) is 11.0. The van der Waals surface area contributed by atoms with Crippen molar-refractivity contribution < 1.29 is 23.0 Å². The van der Waals surface area contributed by atoms with Gasteiger partial charge in [0.25, 0.3) is 0 Å². The highest BCUT2D eigenvalue weighted by Gasteiger charge is 2.24. The molecule has 1 atom stereocenters. The average Bonchev–Trinajstić information content (AvgIpc) is 3.26. The predicted molar refractivity (Wildman–Crippen MR) is 70.5 cm³/mol. The second kappa shape index (κ2) is 5.41. The van der Waals surface area contributed by atoms with E-state index in [9.17, 15) is 18.3 Å². The van der Waals surface area contributed by atoms with Crippen LogP contribution in [0.5, 0.6) is 5.75 Å². The standard InChI is InChI=1S/C16H13F3O2/c17-13-8-15(19)14(18)7-12(13)16(20)9-2-1-3-11(6-9)21-10-4-5-10/h1-3,6-8,10,16,20H,4-5H2. The van der Waals surface area contributed by atoms with Crippen LogP contribution in [0.4, 0.5) is 13.2 Å². The van der Waals surface area contributed by atoms with Gasteiger partial charge in [-0.2, -0.15) is 0 Å². The highest BCUT2D eigenvalue weighted by molar-refractivity contribution is 5.36. The Morgan fingerprint density at radius 3 is 2.43 bits per heavy atom. The first-order chi connectivity index (χ1) is 10.0. The van der Waals surface area contributed by atoms with Crippen molar-refractivity contribution in [3.05, 3.63) is 65.0 Å². The van der Waals surface area contributed by atoms with Gasteiger partial charge < -0.3 is 9.84 Å². The van der Waals surface area contributed by atoms with Gasteiger partial charge in [-0.15, -0.1) is 0 Å². The number of hydrogen-bond donors (Lipinski definition) is 1. The van der Waals surface area contributed by atoms with Crippen LogP contribution in [-0.4, -0.2) is 11.2 Å². The summed E-state index contributed by atoms with van der Waals surface area (Å²) in [5.41, 5.74) is 0.0514. The smallest absolute Gasteiger partial charge is 0.161 e. The molecule has 0 amide bonds. The molecule has 0 spiro atoms. The van der Waals surface area contributed by atoms with E-state index in [2.05, 4.69) is 0 Å². The maximum Gasteiger partial charge on any atom is 0.161 e. The van der Waals surface area contributed by atoms with Gasteiger partial charge in [0.05, 0.1) is 6.10 Å². The minimum absolute atomic E-state index is 0.192. The first kappa shape index (κ1) is 13.9. The van der Waals surface area contributed by atoms with Gasteiger partial charge in [0.15, 0.2) is 11.6 Å². The molecule has 1 fully saturated rings. The van der Waals surface area contributed by atoms with E-state index in [0.717, 1.165) is 12.8 Å². The fourth-order valence-electron chi connectivity index (χ4n) is 2.06. The summed E-state index contributed by atoms with van der Waals surface area (Å²) in [5, 5.41) is 10.2. The van der Waals surface area contributed by atoms with Crippen LogP contribution >= 0.6 is 0 Å². The van der Waals surface area contributed by atoms with E-state index in [4.69, 9.17) is 4.74 Å².